The van der Waals surface area contributed by atoms with Crippen molar-refractivity contribution in [2.75, 3.05) is 12.4 Å². The van der Waals surface area contributed by atoms with Gasteiger partial charge >= 0.3 is 0 Å². The number of hydrogen-bond donors (Lipinski definition) is 2. The standard InChI is InChI=1S/C16H15ClN2O2/c1-10(14-8-13(21-2)5-6-16(14)20)19-12-4-3-11(9-18)15(17)7-12/h3-8,10,19-20H,1-2H3. The maximum atomic E-state index is 9.95. The Hall–Kier alpha value is -2.38. The third-order valence-electron chi connectivity index (χ3n) is 3.17. The molecule has 1 atom stereocenters. The smallest absolute Gasteiger partial charge is 0.121 e. The van der Waals surface area contributed by atoms with Gasteiger partial charge in [-0.05, 0) is 43.3 Å². The number of nitriles is 1. The fourth-order valence-corrected chi connectivity index (χ4v) is 2.25. The highest BCUT2D eigenvalue weighted by molar-refractivity contribution is 6.32. The predicted octanol–water partition coefficient (Wildman–Crippen LogP) is 4.10. The highest BCUT2D eigenvalue weighted by Gasteiger charge is 2.12. The molecule has 0 aliphatic carbocycles. The van der Waals surface area contributed by atoms with Crippen LogP contribution in [-0.2, 0) is 0 Å². The number of halogens is 1. The van der Waals surface area contributed by atoms with Crippen molar-refractivity contribution >= 4 is 17.3 Å². The van der Waals surface area contributed by atoms with Gasteiger partial charge < -0.3 is 15.2 Å². The molecule has 2 rings (SSSR count). The Morgan fingerprint density at radius 2 is 2.05 bits per heavy atom. The van der Waals surface area contributed by atoms with Gasteiger partial charge in [-0.25, -0.2) is 0 Å². The van der Waals surface area contributed by atoms with E-state index in [0.29, 0.717) is 16.3 Å². The van der Waals surface area contributed by atoms with Gasteiger partial charge in [-0.2, -0.15) is 5.26 Å². The average Bonchev–Trinajstić information content (AvgIpc) is 2.48. The van der Waals surface area contributed by atoms with E-state index in [-0.39, 0.29) is 11.8 Å². The van der Waals surface area contributed by atoms with Gasteiger partial charge in [0.05, 0.1) is 23.7 Å². The number of nitrogens with one attached hydrogen (secondary N) is 1. The van der Waals surface area contributed by atoms with Gasteiger partial charge in [0.25, 0.3) is 0 Å². The van der Waals surface area contributed by atoms with Gasteiger partial charge in [-0.15, -0.1) is 0 Å². The van der Waals surface area contributed by atoms with Crippen molar-refractivity contribution in [3.63, 3.8) is 0 Å². The monoisotopic (exact) mass is 302 g/mol. The van der Waals surface area contributed by atoms with Crippen LogP contribution in [0.25, 0.3) is 0 Å². The summed E-state index contributed by atoms with van der Waals surface area (Å²) in [6, 6.07) is 12.1. The zero-order valence-corrected chi connectivity index (χ0v) is 12.5. The van der Waals surface area contributed by atoms with E-state index in [1.54, 1.807) is 43.5 Å². The third kappa shape index (κ3) is 3.39. The molecule has 0 saturated carbocycles. The third-order valence-corrected chi connectivity index (χ3v) is 3.49. The largest absolute Gasteiger partial charge is 0.508 e. The summed E-state index contributed by atoms with van der Waals surface area (Å²) in [5, 5.41) is 22.4. The fraction of sp³-hybridized carbons (Fsp3) is 0.188. The van der Waals surface area contributed by atoms with E-state index in [1.807, 2.05) is 13.0 Å². The Bertz CT molecular complexity index is 695. The molecular weight excluding hydrogens is 288 g/mol. The lowest BCUT2D eigenvalue weighted by Gasteiger charge is -2.18. The van der Waals surface area contributed by atoms with Crippen molar-refractivity contribution in [3.05, 3.63) is 52.5 Å². The summed E-state index contributed by atoms with van der Waals surface area (Å²) in [6.45, 7) is 1.92. The van der Waals surface area contributed by atoms with E-state index in [9.17, 15) is 5.11 Å². The summed E-state index contributed by atoms with van der Waals surface area (Å²) in [7, 11) is 1.58. The highest BCUT2D eigenvalue weighted by Crippen LogP contribution is 2.31. The average molecular weight is 303 g/mol. The summed E-state index contributed by atoms with van der Waals surface area (Å²) < 4.78 is 5.16. The van der Waals surface area contributed by atoms with Crippen LogP contribution >= 0.6 is 11.6 Å². The Morgan fingerprint density at radius 3 is 2.67 bits per heavy atom. The molecule has 0 radical (unpaired) electrons. The minimum absolute atomic E-state index is 0.149. The van der Waals surface area contributed by atoms with Crippen LogP contribution in [0.5, 0.6) is 11.5 Å². The first kappa shape index (κ1) is 15.0. The van der Waals surface area contributed by atoms with E-state index in [1.165, 1.54) is 0 Å². The number of hydrogen-bond acceptors (Lipinski definition) is 4. The van der Waals surface area contributed by atoms with E-state index in [2.05, 4.69) is 5.32 Å². The zero-order chi connectivity index (χ0) is 15.4. The Kier molecular flexibility index (Phi) is 4.56. The molecule has 0 heterocycles. The van der Waals surface area contributed by atoms with Gasteiger partial charge in [0.2, 0.25) is 0 Å². The van der Waals surface area contributed by atoms with Crippen LogP contribution in [-0.4, -0.2) is 12.2 Å². The second-order valence-electron chi connectivity index (χ2n) is 4.60. The molecule has 2 N–H and O–H groups in total. The summed E-state index contributed by atoms with van der Waals surface area (Å²) in [5.74, 6) is 0.866. The second kappa shape index (κ2) is 6.38. The number of rotatable bonds is 4. The molecule has 4 nitrogen and oxygen atoms in total. The number of anilines is 1. The van der Waals surface area contributed by atoms with Crippen molar-refractivity contribution in [1.29, 1.82) is 5.26 Å². The van der Waals surface area contributed by atoms with Crippen LogP contribution in [0.4, 0.5) is 5.69 Å². The van der Waals surface area contributed by atoms with Gasteiger partial charge in [-0.3, -0.25) is 0 Å². The fourth-order valence-electron chi connectivity index (χ4n) is 2.03. The van der Waals surface area contributed by atoms with Crippen molar-refractivity contribution < 1.29 is 9.84 Å². The first-order valence-electron chi connectivity index (χ1n) is 6.38. The van der Waals surface area contributed by atoms with Crippen LogP contribution in [0.15, 0.2) is 36.4 Å². The lowest BCUT2D eigenvalue weighted by atomic mass is 10.1. The molecule has 108 valence electrons. The number of benzene rings is 2. The van der Waals surface area contributed by atoms with Crippen molar-refractivity contribution in [2.24, 2.45) is 0 Å². The predicted molar refractivity (Wildman–Crippen MR) is 82.9 cm³/mol. The van der Waals surface area contributed by atoms with Crippen molar-refractivity contribution in [1.82, 2.24) is 0 Å². The zero-order valence-electron chi connectivity index (χ0n) is 11.7. The molecule has 0 fully saturated rings. The van der Waals surface area contributed by atoms with E-state index >= 15 is 0 Å². The topological polar surface area (TPSA) is 65.3 Å². The molecule has 1 unspecified atom stereocenters. The summed E-state index contributed by atoms with van der Waals surface area (Å²) >= 11 is 6.01. The minimum atomic E-state index is -0.149. The molecule has 0 aromatic heterocycles. The van der Waals surface area contributed by atoms with E-state index in [0.717, 1.165) is 11.3 Å². The van der Waals surface area contributed by atoms with Crippen LogP contribution in [0, 0.1) is 11.3 Å². The van der Waals surface area contributed by atoms with Gasteiger partial charge in [0, 0.05) is 11.3 Å². The number of ether oxygens (including phenoxy) is 1. The van der Waals surface area contributed by atoms with Crippen molar-refractivity contribution in [2.45, 2.75) is 13.0 Å². The minimum Gasteiger partial charge on any atom is -0.508 e. The quantitative estimate of drug-likeness (QED) is 0.892. The Morgan fingerprint density at radius 1 is 1.29 bits per heavy atom. The molecule has 2 aromatic rings. The summed E-state index contributed by atoms with van der Waals surface area (Å²) in [5.41, 5.74) is 1.92. The molecule has 0 spiro atoms. The Balaban J connectivity index is 2.24. The summed E-state index contributed by atoms with van der Waals surface area (Å²) in [4.78, 5) is 0. The maximum Gasteiger partial charge on any atom is 0.121 e. The molecule has 21 heavy (non-hydrogen) atoms. The first-order chi connectivity index (χ1) is 10.0. The maximum absolute atomic E-state index is 9.95. The van der Waals surface area contributed by atoms with Crippen LogP contribution in [0.3, 0.4) is 0 Å². The van der Waals surface area contributed by atoms with Gasteiger partial charge in [0.1, 0.15) is 17.6 Å². The highest BCUT2D eigenvalue weighted by atomic mass is 35.5. The van der Waals surface area contributed by atoms with E-state index in [4.69, 9.17) is 21.6 Å². The number of nitrogens with zero attached hydrogens (tertiary/aromatic N) is 1. The number of phenols is 1. The molecule has 0 bridgehead atoms. The SMILES string of the molecule is COc1ccc(O)c(C(C)Nc2ccc(C#N)c(Cl)c2)c1. The molecule has 0 amide bonds. The van der Waals surface area contributed by atoms with E-state index < -0.39 is 0 Å². The number of phenolic OH excluding ortho intramolecular Hbond substituents is 1. The number of methoxy groups -OCH3 is 1. The van der Waals surface area contributed by atoms with Gasteiger partial charge in [-0.1, -0.05) is 11.6 Å². The Labute approximate surface area is 128 Å². The molecule has 0 saturated heterocycles. The molecular formula is C16H15ClN2O2. The molecule has 5 heteroatoms. The lowest BCUT2D eigenvalue weighted by molar-refractivity contribution is 0.410. The number of aromatic hydroxyl groups is 1. The summed E-state index contributed by atoms with van der Waals surface area (Å²) in [6.07, 6.45) is 0. The van der Waals surface area contributed by atoms with Gasteiger partial charge in [0.15, 0.2) is 0 Å². The van der Waals surface area contributed by atoms with Crippen molar-refractivity contribution in [3.8, 4) is 17.6 Å². The lowest BCUT2D eigenvalue weighted by Crippen LogP contribution is -2.07. The normalized spacial score (nSPS) is 11.5. The molecule has 0 aliphatic rings. The first-order valence-corrected chi connectivity index (χ1v) is 6.76. The van der Waals surface area contributed by atoms with Crippen LogP contribution in [0.1, 0.15) is 24.1 Å². The van der Waals surface area contributed by atoms with Crippen LogP contribution in [0.2, 0.25) is 5.02 Å². The second-order valence-corrected chi connectivity index (χ2v) is 5.00. The molecule has 2 aromatic carbocycles. The van der Waals surface area contributed by atoms with Crippen LogP contribution < -0.4 is 10.1 Å². The molecule has 0 aliphatic heterocycles.